The minimum Gasteiger partial charge on any atom is -0.493 e. The fourth-order valence-corrected chi connectivity index (χ4v) is 2.12. The van der Waals surface area contributed by atoms with Gasteiger partial charge in [0, 0.05) is 17.1 Å². The molecular formula is C15H16BrNO3. The first-order chi connectivity index (χ1) is 9.69. The van der Waals surface area contributed by atoms with Gasteiger partial charge in [0.2, 0.25) is 11.6 Å². The predicted molar refractivity (Wildman–Crippen MR) is 81.2 cm³/mol. The highest BCUT2D eigenvalue weighted by Gasteiger charge is 2.14. The molecule has 0 saturated heterocycles. The van der Waals surface area contributed by atoms with E-state index in [2.05, 4.69) is 20.9 Å². The third-order valence-electron chi connectivity index (χ3n) is 2.82. The number of methoxy groups -OCH3 is 2. The largest absolute Gasteiger partial charge is 0.493 e. The monoisotopic (exact) mass is 337 g/mol. The van der Waals surface area contributed by atoms with Crippen LogP contribution in [0.25, 0.3) is 0 Å². The zero-order valence-corrected chi connectivity index (χ0v) is 13.2. The fourth-order valence-electron chi connectivity index (χ4n) is 1.81. The minimum absolute atomic E-state index is 0.527. The summed E-state index contributed by atoms with van der Waals surface area (Å²) in [5.41, 5.74) is 2.05. The number of benzene rings is 1. The smallest absolute Gasteiger partial charge is 0.222 e. The Morgan fingerprint density at radius 3 is 2.30 bits per heavy atom. The lowest BCUT2D eigenvalue weighted by Gasteiger charge is -2.14. The van der Waals surface area contributed by atoms with Gasteiger partial charge in [0.15, 0.2) is 11.5 Å². The molecule has 20 heavy (non-hydrogen) atoms. The van der Waals surface area contributed by atoms with E-state index in [0.717, 1.165) is 16.5 Å². The van der Waals surface area contributed by atoms with E-state index in [1.165, 1.54) is 0 Å². The van der Waals surface area contributed by atoms with E-state index < -0.39 is 0 Å². The Hall–Kier alpha value is -1.75. The minimum atomic E-state index is 0.527. The Bertz CT molecular complexity index is 579. The number of hydrogen-bond donors (Lipinski definition) is 0. The molecular weight excluding hydrogens is 322 g/mol. The summed E-state index contributed by atoms with van der Waals surface area (Å²) in [7, 11) is 3.19. The van der Waals surface area contributed by atoms with Crippen LogP contribution in [0, 0.1) is 6.92 Å². The van der Waals surface area contributed by atoms with Gasteiger partial charge in [-0.15, -0.1) is 0 Å². The number of ether oxygens (including phenoxy) is 3. The van der Waals surface area contributed by atoms with Crippen molar-refractivity contribution in [3.8, 4) is 23.1 Å². The second-order valence-electron chi connectivity index (χ2n) is 4.19. The van der Waals surface area contributed by atoms with Crippen LogP contribution in [0.15, 0.2) is 30.5 Å². The summed E-state index contributed by atoms with van der Waals surface area (Å²) < 4.78 is 16.5. The van der Waals surface area contributed by atoms with Crippen LogP contribution < -0.4 is 14.2 Å². The molecule has 0 amide bonds. The van der Waals surface area contributed by atoms with Crippen LogP contribution >= 0.6 is 15.9 Å². The average Bonchev–Trinajstić information content (AvgIpc) is 2.49. The van der Waals surface area contributed by atoms with Crippen LogP contribution in [-0.2, 0) is 5.33 Å². The molecule has 0 atom stereocenters. The Labute approximate surface area is 126 Å². The molecule has 0 aliphatic heterocycles. The van der Waals surface area contributed by atoms with Crippen LogP contribution in [0.1, 0.15) is 11.1 Å². The number of aryl methyl sites for hydroxylation is 1. The van der Waals surface area contributed by atoms with Gasteiger partial charge in [-0.1, -0.05) is 22.0 Å². The summed E-state index contributed by atoms with van der Waals surface area (Å²) in [5.74, 6) is 2.28. The summed E-state index contributed by atoms with van der Waals surface area (Å²) in [5, 5.41) is 0.763. The van der Waals surface area contributed by atoms with Gasteiger partial charge in [-0.3, -0.25) is 0 Å². The van der Waals surface area contributed by atoms with Crippen molar-refractivity contribution in [3.63, 3.8) is 0 Å². The molecule has 5 heteroatoms. The van der Waals surface area contributed by atoms with Crippen molar-refractivity contribution in [1.29, 1.82) is 0 Å². The van der Waals surface area contributed by atoms with Crippen LogP contribution in [0.4, 0.5) is 0 Å². The van der Waals surface area contributed by atoms with Crippen molar-refractivity contribution in [2.45, 2.75) is 12.3 Å². The molecule has 0 unspecified atom stereocenters. The van der Waals surface area contributed by atoms with Gasteiger partial charge in [0.1, 0.15) is 0 Å². The molecule has 0 fully saturated rings. The Morgan fingerprint density at radius 2 is 1.80 bits per heavy atom. The lowest BCUT2D eigenvalue weighted by Crippen LogP contribution is -1.97. The molecule has 4 nitrogen and oxygen atoms in total. The van der Waals surface area contributed by atoms with Crippen molar-refractivity contribution in [2.24, 2.45) is 0 Å². The van der Waals surface area contributed by atoms with Gasteiger partial charge in [0.25, 0.3) is 0 Å². The van der Waals surface area contributed by atoms with E-state index in [1.807, 2.05) is 31.2 Å². The molecule has 2 rings (SSSR count). The van der Waals surface area contributed by atoms with Crippen LogP contribution in [0.3, 0.4) is 0 Å². The molecule has 106 valence electrons. The van der Waals surface area contributed by atoms with E-state index >= 15 is 0 Å². The predicted octanol–water partition coefficient (Wildman–Crippen LogP) is 4.09. The molecule has 1 aromatic carbocycles. The van der Waals surface area contributed by atoms with Crippen molar-refractivity contribution in [3.05, 3.63) is 41.6 Å². The number of hydrogen-bond acceptors (Lipinski definition) is 4. The molecule has 0 N–H and O–H groups in total. The quantitative estimate of drug-likeness (QED) is 0.770. The van der Waals surface area contributed by atoms with Crippen LogP contribution in [0.5, 0.6) is 23.1 Å². The maximum Gasteiger partial charge on any atom is 0.222 e. The number of alkyl halides is 1. The molecule has 0 aliphatic carbocycles. The maximum absolute atomic E-state index is 5.88. The van der Waals surface area contributed by atoms with Gasteiger partial charge in [-0.25, -0.2) is 4.98 Å². The number of pyridine rings is 1. The van der Waals surface area contributed by atoms with Crippen LogP contribution in [-0.4, -0.2) is 19.2 Å². The molecule has 0 bridgehead atoms. The van der Waals surface area contributed by atoms with Gasteiger partial charge >= 0.3 is 0 Å². The van der Waals surface area contributed by atoms with Crippen LogP contribution in [0.2, 0.25) is 0 Å². The first-order valence-electron chi connectivity index (χ1n) is 6.10. The highest BCUT2D eigenvalue weighted by Crippen LogP contribution is 2.40. The van der Waals surface area contributed by atoms with E-state index in [9.17, 15) is 0 Å². The van der Waals surface area contributed by atoms with E-state index in [0.29, 0.717) is 23.1 Å². The first kappa shape index (κ1) is 14.7. The van der Waals surface area contributed by atoms with Gasteiger partial charge in [0.05, 0.1) is 14.2 Å². The second-order valence-corrected chi connectivity index (χ2v) is 4.75. The maximum atomic E-state index is 5.88. The van der Waals surface area contributed by atoms with Gasteiger partial charge < -0.3 is 14.2 Å². The number of halogens is 1. The summed E-state index contributed by atoms with van der Waals surface area (Å²) in [4.78, 5) is 4.33. The Balaban J connectivity index is 2.39. The highest BCUT2D eigenvalue weighted by molar-refractivity contribution is 9.08. The summed E-state index contributed by atoms with van der Waals surface area (Å²) in [6.07, 6.45) is 1.78. The lowest BCUT2D eigenvalue weighted by molar-refractivity contribution is 0.341. The highest BCUT2D eigenvalue weighted by atomic mass is 79.9. The standard InChI is InChI=1S/C15H16BrNO3/c1-10-7-11(8-16)9-17-15(10)20-14-12(18-2)5-4-6-13(14)19-3/h4-7,9H,8H2,1-3H3. The molecule has 1 aromatic heterocycles. The lowest BCUT2D eigenvalue weighted by atomic mass is 10.2. The first-order valence-corrected chi connectivity index (χ1v) is 7.22. The average molecular weight is 338 g/mol. The number of para-hydroxylation sites is 1. The van der Waals surface area contributed by atoms with Crippen molar-refractivity contribution < 1.29 is 14.2 Å². The molecule has 0 radical (unpaired) electrons. The van der Waals surface area contributed by atoms with E-state index in [4.69, 9.17) is 14.2 Å². The Morgan fingerprint density at radius 1 is 1.15 bits per heavy atom. The third kappa shape index (κ3) is 3.04. The molecule has 0 spiro atoms. The fraction of sp³-hybridized carbons (Fsp3) is 0.267. The van der Waals surface area contributed by atoms with E-state index in [1.54, 1.807) is 20.4 Å². The number of rotatable bonds is 5. The van der Waals surface area contributed by atoms with Crippen molar-refractivity contribution in [2.75, 3.05) is 14.2 Å². The number of nitrogens with zero attached hydrogens (tertiary/aromatic N) is 1. The van der Waals surface area contributed by atoms with Gasteiger partial charge in [-0.05, 0) is 30.7 Å². The number of aromatic nitrogens is 1. The second kappa shape index (κ2) is 6.61. The summed E-state index contributed by atoms with van der Waals surface area (Å²) >= 11 is 3.41. The normalized spacial score (nSPS) is 10.2. The Kier molecular flexibility index (Phi) is 4.84. The van der Waals surface area contributed by atoms with E-state index in [-0.39, 0.29) is 0 Å². The summed E-state index contributed by atoms with van der Waals surface area (Å²) in [6, 6.07) is 7.51. The topological polar surface area (TPSA) is 40.6 Å². The van der Waals surface area contributed by atoms with Crippen molar-refractivity contribution >= 4 is 15.9 Å². The molecule has 0 saturated carbocycles. The zero-order chi connectivity index (χ0) is 14.5. The van der Waals surface area contributed by atoms with Crippen molar-refractivity contribution in [1.82, 2.24) is 4.98 Å². The third-order valence-corrected chi connectivity index (χ3v) is 3.47. The summed E-state index contributed by atoms with van der Waals surface area (Å²) in [6.45, 7) is 1.95. The molecule has 1 heterocycles. The molecule has 0 aliphatic rings. The zero-order valence-electron chi connectivity index (χ0n) is 11.6. The van der Waals surface area contributed by atoms with Gasteiger partial charge in [-0.2, -0.15) is 0 Å². The molecule has 2 aromatic rings. The SMILES string of the molecule is COc1cccc(OC)c1Oc1ncc(CBr)cc1C.